The first-order valence-electron chi connectivity index (χ1n) is 5.18. The number of rotatable bonds is 3. The Morgan fingerprint density at radius 1 is 1.40 bits per heavy atom. The number of hydrogen-bond acceptors (Lipinski definition) is 2. The van der Waals surface area contributed by atoms with E-state index in [0.717, 1.165) is 30.0 Å². The van der Waals surface area contributed by atoms with Crippen molar-refractivity contribution in [3.63, 3.8) is 0 Å². The lowest BCUT2D eigenvalue weighted by Crippen LogP contribution is -1.98. The van der Waals surface area contributed by atoms with Crippen molar-refractivity contribution in [3.05, 3.63) is 36.7 Å². The molecule has 0 spiro atoms. The Labute approximate surface area is 89.6 Å². The third-order valence-electron chi connectivity index (χ3n) is 2.32. The van der Waals surface area contributed by atoms with Gasteiger partial charge < -0.3 is 10.3 Å². The van der Waals surface area contributed by atoms with Gasteiger partial charge in [0.05, 0.1) is 0 Å². The first kappa shape index (κ1) is 9.77. The molecule has 0 unspecified atom stereocenters. The maximum atomic E-state index is 5.75. The summed E-state index contributed by atoms with van der Waals surface area (Å²) in [5.41, 5.74) is 7.61. The molecular weight excluding hydrogens is 186 g/mol. The number of anilines is 1. The van der Waals surface area contributed by atoms with Crippen LogP contribution < -0.4 is 5.73 Å². The largest absolute Gasteiger partial charge is 0.399 e. The number of nitrogens with two attached hydrogens (primary N) is 1. The van der Waals surface area contributed by atoms with E-state index in [1.165, 1.54) is 0 Å². The van der Waals surface area contributed by atoms with Crippen LogP contribution in [-0.2, 0) is 6.54 Å². The Morgan fingerprint density at radius 2 is 2.27 bits per heavy atom. The molecule has 15 heavy (non-hydrogen) atoms. The van der Waals surface area contributed by atoms with Crippen molar-refractivity contribution in [1.29, 1.82) is 0 Å². The fourth-order valence-corrected chi connectivity index (χ4v) is 1.67. The van der Waals surface area contributed by atoms with Crippen molar-refractivity contribution >= 4 is 5.69 Å². The van der Waals surface area contributed by atoms with Crippen molar-refractivity contribution in [3.8, 4) is 11.4 Å². The zero-order valence-electron chi connectivity index (χ0n) is 8.85. The van der Waals surface area contributed by atoms with Crippen molar-refractivity contribution in [1.82, 2.24) is 9.55 Å². The fourth-order valence-electron chi connectivity index (χ4n) is 1.67. The molecule has 0 saturated carbocycles. The van der Waals surface area contributed by atoms with Crippen LogP contribution in [0.15, 0.2) is 36.7 Å². The molecule has 2 N–H and O–H groups in total. The van der Waals surface area contributed by atoms with Gasteiger partial charge in [-0.1, -0.05) is 19.1 Å². The van der Waals surface area contributed by atoms with E-state index < -0.39 is 0 Å². The van der Waals surface area contributed by atoms with E-state index in [4.69, 9.17) is 5.73 Å². The van der Waals surface area contributed by atoms with Crippen molar-refractivity contribution in [2.24, 2.45) is 0 Å². The van der Waals surface area contributed by atoms with E-state index in [1.54, 1.807) is 0 Å². The Morgan fingerprint density at radius 3 is 3.00 bits per heavy atom. The lowest BCUT2D eigenvalue weighted by molar-refractivity contribution is 0.685. The molecule has 0 radical (unpaired) electrons. The first-order chi connectivity index (χ1) is 7.31. The highest BCUT2D eigenvalue weighted by Gasteiger charge is 2.04. The number of hydrogen-bond donors (Lipinski definition) is 1. The van der Waals surface area contributed by atoms with Gasteiger partial charge in [0.2, 0.25) is 0 Å². The zero-order valence-corrected chi connectivity index (χ0v) is 8.85. The summed E-state index contributed by atoms with van der Waals surface area (Å²) in [4.78, 5) is 4.35. The zero-order chi connectivity index (χ0) is 10.7. The minimum atomic E-state index is 0.776. The second-order valence-electron chi connectivity index (χ2n) is 3.57. The van der Waals surface area contributed by atoms with E-state index in [2.05, 4.69) is 16.5 Å². The van der Waals surface area contributed by atoms with Crippen LogP contribution in [0.2, 0.25) is 0 Å². The van der Waals surface area contributed by atoms with Crippen LogP contribution in [0.4, 0.5) is 5.69 Å². The third kappa shape index (κ3) is 2.01. The van der Waals surface area contributed by atoms with Gasteiger partial charge in [-0.2, -0.15) is 0 Å². The molecule has 3 heteroatoms. The highest BCUT2D eigenvalue weighted by atomic mass is 15.1. The molecule has 1 aromatic carbocycles. The van der Waals surface area contributed by atoms with E-state index in [1.807, 2.05) is 36.7 Å². The van der Waals surface area contributed by atoms with Gasteiger partial charge in [0.25, 0.3) is 0 Å². The Balaban J connectivity index is 2.40. The number of benzene rings is 1. The molecular formula is C12H15N3. The van der Waals surface area contributed by atoms with Crippen LogP contribution in [0.1, 0.15) is 13.3 Å². The number of nitrogen functional groups attached to an aromatic ring is 1. The third-order valence-corrected chi connectivity index (χ3v) is 2.32. The second kappa shape index (κ2) is 4.17. The minimum absolute atomic E-state index is 0.776. The monoisotopic (exact) mass is 201 g/mol. The Kier molecular flexibility index (Phi) is 2.72. The fraction of sp³-hybridized carbons (Fsp3) is 0.250. The summed E-state index contributed by atoms with van der Waals surface area (Å²) in [5.74, 6) is 0.990. The normalized spacial score (nSPS) is 10.5. The molecule has 0 aliphatic heterocycles. The summed E-state index contributed by atoms with van der Waals surface area (Å²) in [6, 6.07) is 7.82. The SMILES string of the molecule is CCCn1ccnc1-c1cccc(N)c1. The van der Waals surface area contributed by atoms with E-state index in [9.17, 15) is 0 Å². The molecule has 0 aliphatic rings. The van der Waals surface area contributed by atoms with Crippen LogP contribution in [0.25, 0.3) is 11.4 Å². The van der Waals surface area contributed by atoms with Gasteiger partial charge in [-0.3, -0.25) is 0 Å². The van der Waals surface area contributed by atoms with Gasteiger partial charge in [-0.05, 0) is 18.6 Å². The number of imidazole rings is 1. The molecule has 3 nitrogen and oxygen atoms in total. The topological polar surface area (TPSA) is 43.8 Å². The molecule has 2 rings (SSSR count). The van der Waals surface area contributed by atoms with Crippen LogP contribution >= 0.6 is 0 Å². The van der Waals surface area contributed by atoms with E-state index >= 15 is 0 Å². The lowest BCUT2D eigenvalue weighted by Gasteiger charge is -2.06. The molecule has 0 aliphatic carbocycles. The molecule has 0 fully saturated rings. The maximum absolute atomic E-state index is 5.75. The minimum Gasteiger partial charge on any atom is -0.399 e. The smallest absolute Gasteiger partial charge is 0.139 e. The summed E-state index contributed by atoms with van der Waals surface area (Å²) in [6.07, 6.45) is 4.93. The van der Waals surface area contributed by atoms with E-state index in [-0.39, 0.29) is 0 Å². The van der Waals surface area contributed by atoms with Gasteiger partial charge in [-0.15, -0.1) is 0 Å². The summed E-state index contributed by atoms with van der Waals surface area (Å²) in [7, 11) is 0. The van der Waals surface area contributed by atoms with E-state index in [0.29, 0.717) is 0 Å². The summed E-state index contributed by atoms with van der Waals surface area (Å²) < 4.78 is 2.15. The second-order valence-corrected chi connectivity index (χ2v) is 3.57. The van der Waals surface area contributed by atoms with Gasteiger partial charge in [0, 0.05) is 30.2 Å². The Hall–Kier alpha value is -1.77. The quantitative estimate of drug-likeness (QED) is 0.775. The predicted molar refractivity (Wildman–Crippen MR) is 62.4 cm³/mol. The average Bonchev–Trinajstić information content (AvgIpc) is 2.66. The number of nitrogens with zero attached hydrogens (tertiary/aromatic N) is 2. The summed E-state index contributed by atoms with van der Waals surface area (Å²) in [5, 5.41) is 0. The highest BCUT2D eigenvalue weighted by molar-refractivity contribution is 5.61. The van der Waals surface area contributed by atoms with Crippen LogP contribution in [0.5, 0.6) is 0 Å². The highest BCUT2D eigenvalue weighted by Crippen LogP contribution is 2.19. The molecule has 0 bridgehead atoms. The summed E-state index contributed by atoms with van der Waals surface area (Å²) >= 11 is 0. The molecule has 0 saturated heterocycles. The first-order valence-corrected chi connectivity index (χ1v) is 5.18. The van der Waals surface area contributed by atoms with Gasteiger partial charge in [0.15, 0.2) is 0 Å². The van der Waals surface area contributed by atoms with Gasteiger partial charge >= 0.3 is 0 Å². The van der Waals surface area contributed by atoms with Gasteiger partial charge in [0.1, 0.15) is 5.82 Å². The van der Waals surface area contributed by atoms with Crippen LogP contribution in [-0.4, -0.2) is 9.55 Å². The summed E-state index contributed by atoms with van der Waals surface area (Å²) in [6.45, 7) is 3.15. The molecule has 1 heterocycles. The lowest BCUT2D eigenvalue weighted by atomic mass is 10.2. The Bertz CT molecular complexity index is 446. The maximum Gasteiger partial charge on any atom is 0.139 e. The van der Waals surface area contributed by atoms with Crippen LogP contribution in [0, 0.1) is 0 Å². The van der Waals surface area contributed by atoms with Gasteiger partial charge in [-0.25, -0.2) is 4.98 Å². The van der Waals surface area contributed by atoms with Crippen LogP contribution in [0.3, 0.4) is 0 Å². The molecule has 0 amide bonds. The number of aryl methyl sites for hydroxylation is 1. The van der Waals surface area contributed by atoms with Crippen molar-refractivity contribution < 1.29 is 0 Å². The van der Waals surface area contributed by atoms with Crippen molar-refractivity contribution in [2.45, 2.75) is 19.9 Å². The molecule has 0 atom stereocenters. The molecule has 78 valence electrons. The predicted octanol–water partition coefficient (Wildman–Crippen LogP) is 2.54. The molecule has 1 aromatic heterocycles. The average molecular weight is 201 g/mol. The molecule has 2 aromatic rings. The standard InChI is InChI=1S/C12H15N3/c1-2-7-15-8-6-14-12(15)10-4-3-5-11(13)9-10/h3-6,8-9H,2,7,13H2,1H3. The van der Waals surface area contributed by atoms with Crippen molar-refractivity contribution in [2.75, 3.05) is 5.73 Å². The number of aromatic nitrogens is 2.